The van der Waals surface area contributed by atoms with Crippen molar-refractivity contribution in [2.24, 2.45) is 0 Å². The summed E-state index contributed by atoms with van der Waals surface area (Å²) in [5, 5.41) is 2.92. The fraction of sp³-hybridized carbons (Fsp3) is 0.417. The molecule has 0 aliphatic rings. The van der Waals surface area contributed by atoms with Crippen LogP contribution in [0.25, 0.3) is 0 Å². The lowest BCUT2D eigenvalue weighted by atomic mass is 10.2. The molecule has 0 spiro atoms. The van der Waals surface area contributed by atoms with E-state index in [1.807, 2.05) is 30.5 Å². The normalized spacial score (nSPS) is 10.0. The van der Waals surface area contributed by atoms with E-state index in [4.69, 9.17) is 0 Å². The molecule has 0 aromatic heterocycles. The zero-order chi connectivity index (χ0) is 11.1. The van der Waals surface area contributed by atoms with Crippen LogP contribution < -0.4 is 5.32 Å². The number of unbranched alkanes of at least 4 members (excludes halogenated alkanes) is 1. The maximum atomic E-state index is 11.8. The van der Waals surface area contributed by atoms with Gasteiger partial charge in [-0.25, -0.2) is 0 Å². The summed E-state index contributed by atoms with van der Waals surface area (Å²) < 4.78 is 0. The maximum absolute atomic E-state index is 11.8. The summed E-state index contributed by atoms with van der Waals surface area (Å²) in [4.78, 5) is 12.8. The maximum Gasteiger partial charge on any atom is 0.252 e. The van der Waals surface area contributed by atoms with E-state index >= 15 is 0 Å². The molecule has 1 rings (SSSR count). The zero-order valence-electron chi connectivity index (χ0n) is 9.25. The Balaban J connectivity index is 2.64. The molecule has 0 saturated heterocycles. The predicted molar refractivity (Wildman–Crippen MR) is 65.5 cm³/mol. The van der Waals surface area contributed by atoms with Gasteiger partial charge in [-0.15, -0.1) is 11.8 Å². The van der Waals surface area contributed by atoms with E-state index < -0.39 is 0 Å². The fourth-order valence-corrected chi connectivity index (χ4v) is 1.90. The van der Waals surface area contributed by atoms with Crippen molar-refractivity contribution >= 4 is 17.7 Å². The standard InChI is InChI=1S/C12H17NOS/c1-3-4-9-13-12(14)10-7-5-6-8-11(10)15-2/h5-8H,3-4,9H2,1-2H3,(H,13,14). The second-order valence-electron chi connectivity index (χ2n) is 3.31. The zero-order valence-corrected chi connectivity index (χ0v) is 10.1. The first-order valence-electron chi connectivity index (χ1n) is 5.20. The third-order valence-corrected chi connectivity index (χ3v) is 2.96. The minimum absolute atomic E-state index is 0.0356. The van der Waals surface area contributed by atoms with Gasteiger partial charge in [0.1, 0.15) is 0 Å². The molecular formula is C12H17NOS. The number of carbonyl (C=O) groups is 1. The monoisotopic (exact) mass is 223 g/mol. The lowest BCUT2D eigenvalue weighted by Crippen LogP contribution is -2.24. The fourth-order valence-electron chi connectivity index (χ4n) is 1.31. The largest absolute Gasteiger partial charge is 0.352 e. The third kappa shape index (κ3) is 3.59. The first kappa shape index (κ1) is 12.1. The van der Waals surface area contributed by atoms with Gasteiger partial charge in [-0.3, -0.25) is 4.79 Å². The quantitative estimate of drug-likeness (QED) is 0.614. The molecule has 0 fully saturated rings. The summed E-state index contributed by atoms with van der Waals surface area (Å²) in [7, 11) is 0. The molecule has 0 atom stereocenters. The number of hydrogen-bond acceptors (Lipinski definition) is 2. The van der Waals surface area contributed by atoms with Gasteiger partial charge in [0.25, 0.3) is 5.91 Å². The minimum Gasteiger partial charge on any atom is -0.352 e. The van der Waals surface area contributed by atoms with Gasteiger partial charge in [-0.05, 0) is 24.8 Å². The topological polar surface area (TPSA) is 29.1 Å². The van der Waals surface area contributed by atoms with Crippen LogP contribution in [0.5, 0.6) is 0 Å². The first-order chi connectivity index (χ1) is 7.29. The molecule has 3 heteroatoms. The van der Waals surface area contributed by atoms with Gasteiger partial charge < -0.3 is 5.32 Å². The Kier molecular flexibility index (Phi) is 5.26. The van der Waals surface area contributed by atoms with Crippen LogP contribution >= 0.6 is 11.8 Å². The van der Waals surface area contributed by atoms with Crippen molar-refractivity contribution in [3.8, 4) is 0 Å². The molecular weight excluding hydrogens is 206 g/mol. The van der Waals surface area contributed by atoms with Crippen LogP contribution in [0.3, 0.4) is 0 Å². The molecule has 0 aliphatic heterocycles. The second kappa shape index (κ2) is 6.51. The number of amides is 1. The van der Waals surface area contributed by atoms with E-state index in [2.05, 4.69) is 12.2 Å². The number of benzene rings is 1. The smallest absolute Gasteiger partial charge is 0.252 e. The Bertz CT molecular complexity index is 325. The van der Waals surface area contributed by atoms with E-state index in [-0.39, 0.29) is 5.91 Å². The summed E-state index contributed by atoms with van der Waals surface area (Å²) in [5.41, 5.74) is 0.779. The summed E-state index contributed by atoms with van der Waals surface area (Å²) in [5.74, 6) is 0.0356. The summed E-state index contributed by atoms with van der Waals surface area (Å²) in [6, 6.07) is 7.69. The van der Waals surface area contributed by atoms with Crippen molar-refractivity contribution in [2.75, 3.05) is 12.8 Å². The molecule has 0 saturated carbocycles. The van der Waals surface area contributed by atoms with Gasteiger partial charge in [-0.1, -0.05) is 25.5 Å². The lowest BCUT2D eigenvalue weighted by molar-refractivity contribution is 0.0950. The van der Waals surface area contributed by atoms with E-state index in [0.717, 1.165) is 29.8 Å². The van der Waals surface area contributed by atoms with Crippen LogP contribution in [-0.2, 0) is 0 Å². The molecule has 0 radical (unpaired) electrons. The van der Waals surface area contributed by atoms with Crippen LogP contribution in [0.15, 0.2) is 29.2 Å². The molecule has 0 bridgehead atoms. The Labute approximate surface area is 95.5 Å². The molecule has 1 amide bonds. The van der Waals surface area contributed by atoms with Crippen LogP contribution in [0.4, 0.5) is 0 Å². The van der Waals surface area contributed by atoms with E-state index in [1.165, 1.54) is 0 Å². The number of rotatable bonds is 5. The van der Waals surface area contributed by atoms with Crippen molar-refractivity contribution in [1.82, 2.24) is 5.32 Å². The molecule has 1 N–H and O–H groups in total. The van der Waals surface area contributed by atoms with Crippen molar-refractivity contribution < 1.29 is 4.79 Å². The average molecular weight is 223 g/mol. The Morgan fingerprint density at radius 3 is 2.80 bits per heavy atom. The summed E-state index contributed by atoms with van der Waals surface area (Å²) >= 11 is 1.60. The van der Waals surface area contributed by atoms with Crippen LogP contribution in [0, 0.1) is 0 Å². The van der Waals surface area contributed by atoms with Crippen molar-refractivity contribution in [3.05, 3.63) is 29.8 Å². The Hall–Kier alpha value is -0.960. The van der Waals surface area contributed by atoms with Crippen molar-refractivity contribution in [2.45, 2.75) is 24.7 Å². The Morgan fingerprint density at radius 1 is 1.40 bits per heavy atom. The van der Waals surface area contributed by atoms with Crippen LogP contribution in [0.1, 0.15) is 30.1 Å². The highest BCUT2D eigenvalue weighted by Gasteiger charge is 2.08. The predicted octanol–water partition coefficient (Wildman–Crippen LogP) is 2.94. The van der Waals surface area contributed by atoms with Gasteiger partial charge >= 0.3 is 0 Å². The first-order valence-corrected chi connectivity index (χ1v) is 6.43. The number of nitrogens with one attached hydrogen (secondary N) is 1. The van der Waals surface area contributed by atoms with Crippen LogP contribution in [-0.4, -0.2) is 18.7 Å². The average Bonchev–Trinajstić information content (AvgIpc) is 2.29. The summed E-state index contributed by atoms with van der Waals surface area (Å²) in [6.45, 7) is 2.88. The van der Waals surface area contributed by atoms with Gasteiger partial charge in [0.15, 0.2) is 0 Å². The van der Waals surface area contributed by atoms with Crippen molar-refractivity contribution in [3.63, 3.8) is 0 Å². The molecule has 2 nitrogen and oxygen atoms in total. The highest BCUT2D eigenvalue weighted by molar-refractivity contribution is 7.98. The molecule has 1 aromatic rings. The second-order valence-corrected chi connectivity index (χ2v) is 4.16. The molecule has 0 aliphatic carbocycles. The molecule has 0 heterocycles. The number of hydrogen-bond donors (Lipinski definition) is 1. The van der Waals surface area contributed by atoms with Crippen LogP contribution in [0.2, 0.25) is 0 Å². The Morgan fingerprint density at radius 2 is 2.13 bits per heavy atom. The number of thioether (sulfide) groups is 1. The minimum atomic E-state index is 0.0356. The molecule has 0 unspecified atom stereocenters. The lowest BCUT2D eigenvalue weighted by Gasteiger charge is -2.07. The van der Waals surface area contributed by atoms with Gasteiger partial charge in [0, 0.05) is 11.4 Å². The van der Waals surface area contributed by atoms with Gasteiger partial charge in [0.05, 0.1) is 5.56 Å². The third-order valence-electron chi connectivity index (χ3n) is 2.17. The van der Waals surface area contributed by atoms with E-state index in [0.29, 0.717) is 0 Å². The van der Waals surface area contributed by atoms with Crippen molar-refractivity contribution in [1.29, 1.82) is 0 Å². The highest BCUT2D eigenvalue weighted by atomic mass is 32.2. The van der Waals surface area contributed by atoms with Gasteiger partial charge in [-0.2, -0.15) is 0 Å². The van der Waals surface area contributed by atoms with E-state index in [9.17, 15) is 4.79 Å². The summed E-state index contributed by atoms with van der Waals surface area (Å²) in [6.07, 6.45) is 4.12. The van der Waals surface area contributed by atoms with E-state index in [1.54, 1.807) is 11.8 Å². The molecule has 1 aromatic carbocycles. The molecule has 15 heavy (non-hydrogen) atoms. The SMILES string of the molecule is CCCCNC(=O)c1ccccc1SC. The number of carbonyl (C=O) groups excluding carboxylic acids is 1. The van der Waals surface area contributed by atoms with Gasteiger partial charge in [0.2, 0.25) is 0 Å². The highest BCUT2D eigenvalue weighted by Crippen LogP contribution is 2.19. The molecule has 82 valence electrons.